The Balaban J connectivity index is 4.37. The molecule has 10 heteroatoms. The van der Waals surface area contributed by atoms with Crippen molar-refractivity contribution in [1.29, 1.82) is 0 Å². The van der Waals surface area contributed by atoms with E-state index < -0.39 is 30.0 Å². The van der Waals surface area contributed by atoms with E-state index in [0.717, 1.165) is 0 Å². The molecule has 0 aromatic heterocycles. The normalized spacial score (nSPS) is 12.9. The van der Waals surface area contributed by atoms with Crippen LogP contribution in [0, 0.1) is 0 Å². The summed E-state index contributed by atoms with van der Waals surface area (Å²) in [4.78, 5) is 43.2. The molecule has 0 saturated heterocycles. The second-order valence-electron chi connectivity index (χ2n) is 3.58. The zero-order chi connectivity index (χ0) is 14.8. The first kappa shape index (κ1) is 16.8. The highest BCUT2D eigenvalue weighted by Gasteiger charge is 2.22. The van der Waals surface area contributed by atoms with E-state index in [4.69, 9.17) is 16.7 Å². The molecule has 0 heterocycles. The van der Waals surface area contributed by atoms with E-state index in [2.05, 4.69) is 10.1 Å². The summed E-state index contributed by atoms with van der Waals surface area (Å²) in [6.07, 6.45) is -1.76. The predicted octanol–water partition coefficient (Wildman–Crippen LogP) is -2.91. The minimum Gasteiger partial charge on any atom is -0.448 e. The van der Waals surface area contributed by atoms with Gasteiger partial charge in [-0.3, -0.25) is 30.1 Å². The lowest BCUT2D eigenvalue weighted by atomic mass is 10.1. The maximum atomic E-state index is 11.4. The number of hydrogen-bond acceptors (Lipinski definition) is 7. The van der Waals surface area contributed by atoms with Gasteiger partial charge in [0.25, 0.3) is 12.4 Å². The molecule has 0 aromatic carbocycles. The Labute approximate surface area is 108 Å². The van der Waals surface area contributed by atoms with E-state index >= 15 is 0 Å². The van der Waals surface area contributed by atoms with Crippen molar-refractivity contribution in [3.8, 4) is 0 Å². The molecule has 0 bridgehead atoms. The molecule has 3 amide bonds. The fourth-order valence-corrected chi connectivity index (χ4v) is 1.19. The summed E-state index contributed by atoms with van der Waals surface area (Å²) >= 11 is 0. The fourth-order valence-electron chi connectivity index (χ4n) is 1.19. The van der Waals surface area contributed by atoms with Crippen molar-refractivity contribution in [2.45, 2.75) is 31.5 Å². The lowest BCUT2D eigenvalue weighted by Crippen LogP contribution is -2.47. The quantitative estimate of drug-likeness (QED) is 0.130. The molecule has 0 aromatic rings. The summed E-state index contributed by atoms with van der Waals surface area (Å²) in [6, 6.07) is -1.14. The van der Waals surface area contributed by atoms with Crippen molar-refractivity contribution in [2.75, 3.05) is 0 Å². The van der Waals surface area contributed by atoms with Crippen LogP contribution in [-0.4, -0.2) is 41.7 Å². The van der Waals surface area contributed by atoms with Crippen molar-refractivity contribution in [2.24, 2.45) is 11.5 Å². The van der Waals surface area contributed by atoms with Gasteiger partial charge in [0.05, 0.1) is 6.42 Å². The maximum Gasteiger partial charge on any atom is 0.294 e. The number of hydrogen-bond donors (Lipinski definition) is 5. The van der Waals surface area contributed by atoms with E-state index in [-0.39, 0.29) is 25.7 Å². The van der Waals surface area contributed by atoms with Gasteiger partial charge in [-0.05, 0) is 6.42 Å². The SMILES string of the molecule is NC(=O)CC[C@H](NC(=O)CC(N)OC=O)C(=O)NO. The van der Waals surface area contributed by atoms with E-state index in [1.807, 2.05) is 0 Å². The topological polar surface area (TPSA) is 174 Å². The largest absolute Gasteiger partial charge is 0.448 e. The van der Waals surface area contributed by atoms with Gasteiger partial charge in [-0.15, -0.1) is 0 Å². The molecular formula is C9H16N4O6. The van der Waals surface area contributed by atoms with Gasteiger partial charge in [-0.2, -0.15) is 0 Å². The molecule has 0 rings (SSSR count). The Hall–Kier alpha value is -2.20. The molecule has 0 aliphatic rings. The van der Waals surface area contributed by atoms with Crippen molar-refractivity contribution in [1.82, 2.24) is 10.8 Å². The predicted molar refractivity (Wildman–Crippen MR) is 60.0 cm³/mol. The third-order valence-electron chi connectivity index (χ3n) is 2.06. The Morgan fingerprint density at radius 3 is 2.47 bits per heavy atom. The maximum absolute atomic E-state index is 11.4. The van der Waals surface area contributed by atoms with Crippen LogP contribution in [0.3, 0.4) is 0 Å². The van der Waals surface area contributed by atoms with Gasteiger partial charge in [0.15, 0.2) is 6.23 Å². The number of carbonyl (C=O) groups excluding carboxylic acids is 4. The number of ether oxygens (including phenoxy) is 1. The standard InChI is InChI=1S/C9H16N4O6/c10-6(15)2-1-5(9(17)13-18)12-8(16)3-7(11)19-4-14/h4-5,7,18H,1-3,11H2,(H2,10,15)(H,12,16)(H,13,17)/t5-,7?/m0/s1. The summed E-state index contributed by atoms with van der Waals surface area (Å²) in [6.45, 7) is 0.0863. The number of hydroxylamine groups is 1. The van der Waals surface area contributed by atoms with E-state index in [1.165, 1.54) is 5.48 Å². The van der Waals surface area contributed by atoms with Crippen LogP contribution in [0.4, 0.5) is 0 Å². The monoisotopic (exact) mass is 276 g/mol. The lowest BCUT2D eigenvalue weighted by Gasteiger charge is -2.17. The van der Waals surface area contributed by atoms with E-state index in [1.54, 1.807) is 0 Å². The first-order chi connectivity index (χ1) is 8.90. The van der Waals surface area contributed by atoms with Crippen LogP contribution in [0.25, 0.3) is 0 Å². The second kappa shape index (κ2) is 8.83. The fraction of sp³-hybridized carbons (Fsp3) is 0.556. The Morgan fingerprint density at radius 2 is 2.00 bits per heavy atom. The first-order valence-electron chi connectivity index (χ1n) is 5.27. The van der Waals surface area contributed by atoms with Gasteiger partial charge in [0, 0.05) is 6.42 Å². The zero-order valence-electron chi connectivity index (χ0n) is 10.00. The summed E-state index contributed by atoms with van der Waals surface area (Å²) in [7, 11) is 0. The van der Waals surface area contributed by atoms with Crippen molar-refractivity contribution in [3.63, 3.8) is 0 Å². The molecule has 19 heavy (non-hydrogen) atoms. The van der Waals surface area contributed by atoms with Gasteiger partial charge in [-0.1, -0.05) is 0 Å². The lowest BCUT2D eigenvalue weighted by molar-refractivity contribution is -0.139. The highest BCUT2D eigenvalue weighted by atomic mass is 16.5. The Bertz CT molecular complexity index is 348. The first-order valence-corrected chi connectivity index (χ1v) is 5.27. The Kier molecular flexibility index (Phi) is 7.81. The van der Waals surface area contributed by atoms with Gasteiger partial charge < -0.3 is 15.8 Å². The van der Waals surface area contributed by atoms with Crippen LogP contribution < -0.4 is 22.3 Å². The van der Waals surface area contributed by atoms with Crippen molar-refractivity contribution in [3.05, 3.63) is 0 Å². The molecule has 0 fully saturated rings. The van der Waals surface area contributed by atoms with Crippen LogP contribution in [0.2, 0.25) is 0 Å². The minimum atomic E-state index is -1.15. The molecular weight excluding hydrogens is 260 g/mol. The Morgan fingerprint density at radius 1 is 1.37 bits per heavy atom. The third kappa shape index (κ3) is 7.68. The molecule has 0 radical (unpaired) electrons. The van der Waals surface area contributed by atoms with Crippen LogP contribution in [0.15, 0.2) is 0 Å². The average molecular weight is 276 g/mol. The number of rotatable bonds is 9. The van der Waals surface area contributed by atoms with Crippen molar-refractivity contribution < 1.29 is 29.1 Å². The molecule has 1 unspecified atom stereocenters. The number of amides is 3. The van der Waals surface area contributed by atoms with Crippen LogP contribution in [0.1, 0.15) is 19.3 Å². The van der Waals surface area contributed by atoms with Gasteiger partial charge in [-0.25, -0.2) is 5.48 Å². The highest BCUT2D eigenvalue weighted by molar-refractivity contribution is 5.87. The molecule has 2 atom stereocenters. The second-order valence-corrected chi connectivity index (χ2v) is 3.58. The molecule has 0 saturated carbocycles. The molecule has 7 N–H and O–H groups in total. The van der Waals surface area contributed by atoms with Crippen LogP contribution >= 0.6 is 0 Å². The number of nitrogens with two attached hydrogens (primary N) is 2. The minimum absolute atomic E-state index is 0.0861. The molecule has 0 aliphatic carbocycles. The third-order valence-corrected chi connectivity index (χ3v) is 2.06. The molecule has 0 spiro atoms. The highest BCUT2D eigenvalue weighted by Crippen LogP contribution is 1.99. The summed E-state index contributed by atoms with van der Waals surface area (Å²) in [5.41, 5.74) is 11.5. The molecule has 108 valence electrons. The molecule has 0 aliphatic heterocycles. The summed E-state index contributed by atoms with van der Waals surface area (Å²) in [5.74, 6) is -2.25. The summed E-state index contributed by atoms with van der Waals surface area (Å²) < 4.78 is 4.29. The van der Waals surface area contributed by atoms with Gasteiger partial charge >= 0.3 is 0 Å². The average Bonchev–Trinajstić information content (AvgIpc) is 2.33. The van der Waals surface area contributed by atoms with Crippen molar-refractivity contribution >= 4 is 24.2 Å². The smallest absolute Gasteiger partial charge is 0.294 e. The van der Waals surface area contributed by atoms with E-state index in [9.17, 15) is 19.2 Å². The summed E-state index contributed by atoms with van der Waals surface area (Å²) in [5, 5.41) is 10.7. The van der Waals surface area contributed by atoms with Gasteiger partial charge in [0.2, 0.25) is 11.8 Å². The number of nitrogens with one attached hydrogen (secondary N) is 2. The number of carbonyl (C=O) groups is 4. The van der Waals surface area contributed by atoms with Crippen LogP contribution in [-0.2, 0) is 23.9 Å². The number of primary amides is 1. The van der Waals surface area contributed by atoms with Gasteiger partial charge in [0.1, 0.15) is 6.04 Å². The van der Waals surface area contributed by atoms with Crippen LogP contribution in [0.5, 0.6) is 0 Å². The van der Waals surface area contributed by atoms with E-state index in [0.29, 0.717) is 0 Å². The zero-order valence-corrected chi connectivity index (χ0v) is 10.00. The molecule has 10 nitrogen and oxygen atoms in total.